The van der Waals surface area contributed by atoms with E-state index in [0.29, 0.717) is 29.1 Å². The third-order valence-electron chi connectivity index (χ3n) is 2.71. The molecule has 0 atom stereocenters. The van der Waals surface area contributed by atoms with E-state index in [2.05, 4.69) is 0 Å². The molecule has 0 bridgehead atoms. The molecule has 0 saturated heterocycles. The predicted octanol–water partition coefficient (Wildman–Crippen LogP) is 0.685. The second-order valence-corrected chi connectivity index (χ2v) is 4.01. The molecule has 100 valence electrons. The molecule has 19 heavy (non-hydrogen) atoms. The first-order valence-corrected chi connectivity index (χ1v) is 5.84. The van der Waals surface area contributed by atoms with E-state index in [0.717, 1.165) is 0 Å². The van der Waals surface area contributed by atoms with E-state index in [1.54, 1.807) is 37.6 Å². The van der Waals surface area contributed by atoms with Crippen molar-refractivity contribution in [2.24, 2.45) is 0 Å². The molecule has 0 unspecified atom stereocenters. The topological polar surface area (TPSA) is 72.1 Å². The summed E-state index contributed by atoms with van der Waals surface area (Å²) in [6, 6.07) is 8.59. The molecule has 0 amide bonds. The van der Waals surface area contributed by atoms with Crippen LogP contribution in [0.2, 0.25) is 0 Å². The minimum atomic E-state index is -1.53. The molecule has 1 aromatic carbocycles. The summed E-state index contributed by atoms with van der Waals surface area (Å²) in [5.74, 6) is 1.36. The average molecular weight is 262 g/mol. The monoisotopic (exact) mass is 262 g/mol. The van der Waals surface area contributed by atoms with Crippen molar-refractivity contribution in [3.8, 4) is 5.75 Å². The van der Waals surface area contributed by atoms with Gasteiger partial charge in [-0.05, 0) is 35.3 Å². The highest BCUT2D eigenvalue weighted by atomic mass is 16.5. The first-order chi connectivity index (χ1) is 9.20. The van der Waals surface area contributed by atoms with Crippen molar-refractivity contribution in [1.29, 1.82) is 0 Å². The van der Waals surface area contributed by atoms with Crippen LogP contribution in [0, 0.1) is 0 Å². The summed E-state index contributed by atoms with van der Waals surface area (Å²) in [5.41, 5.74) is 1.07. The number of hydrogen-bond acceptors (Lipinski definition) is 5. The largest absolute Gasteiger partial charge is 0.497 e. The Morgan fingerprint density at radius 1 is 1.21 bits per heavy atom. The summed E-state index contributed by atoms with van der Waals surface area (Å²) in [6.45, 7) is 0.566. The molecule has 0 aliphatic heterocycles. The smallest absolute Gasteiger partial charge is 0.488 e. The van der Waals surface area contributed by atoms with Gasteiger partial charge in [0.05, 0.1) is 20.0 Å². The van der Waals surface area contributed by atoms with Crippen LogP contribution in [-0.4, -0.2) is 24.3 Å². The summed E-state index contributed by atoms with van der Waals surface area (Å²) >= 11 is 0. The van der Waals surface area contributed by atoms with Crippen LogP contribution in [-0.2, 0) is 18.0 Å². The Bertz CT molecular complexity index is 510. The average Bonchev–Trinajstić information content (AvgIpc) is 2.91. The fourth-order valence-corrected chi connectivity index (χ4v) is 1.74. The Kier molecular flexibility index (Phi) is 4.62. The van der Waals surface area contributed by atoms with Crippen LogP contribution in [0.3, 0.4) is 0 Å². The van der Waals surface area contributed by atoms with Gasteiger partial charge in [0, 0.05) is 0 Å². The lowest BCUT2D eigenvalue weighted by molar-refractivity contribution is 0.0932. The summed E-state index contributed by atoms with van der Waals surface area (Å²) in [4.78, 5) is 0. The third kappa shape index (κ3) is 3.60. The number of benzene rings is 1. The van der Waals surface area contributed by atoms with Gasteiger partial charge in [-0.2, -0.15) is 0 Å². The standard InChI is InChI=1S/C13H15BO5/c1-17-11-4-5-13(14(15)16)10(7-11)8-18-9-12-3-2-6-19-12/h2-7,15-16H,8-9H2,1H3. The molecule has 1 aromatic heterocycles. The highest BCUT2D eigenvalue weighted by Crippen LogP contribution is 2.13. The van der Waals surface area contributed by atoms with Gasteiger partial charge < -0.3 is 23.9 Å². The Labute approximate surface area is 111 Å². The van der Waals surface area contributed by atoms with E-state index in [-0.39, 0.29) is 6.61 Å². The molecule has 0 aliphatic rings. The molecule has 5 nitrogen and oxygen atoms in total. The van der Waals surface area contributed by atoms with E-state index >= 15 is 0 Å². The van der Waals surface area contributed by atoms with E-state index in [4.69, 9.17) is 13.9 Å². The zero-order chi connectivity index (χ0) is 13.7. The molecule has 0 fully saturated rings. The van der Waals surface area contributed by atoms with Crippen LogP contribution in [0.25, 0.3) is 0 Å². The van der Waals surface area contributed by atoms with Crippen LogP contribution in [0.1, 0.15) is 11.3 Å². The van der Waals surface area contributed by atoms with Gasteiger partial charge in [-0.1, -0.05) is 6.07 Å². The molecule has 0 saturated carbocycles. The van der Waals surface area contributed by atoms with Crippen molar-refractivity contribution in [3.63, 3.8) is 0 Å². The number of furan rings is 1. The molecule has 2 rings (SSSR count). The Morgan fingerprint density at radius 2 is 2.05 bits per heavy atom. The zero-order valence-electron chi connectivity index (χ0n) is 10.6. The molecule has 1 heterocycles. The summed E-state index contributed by atoms with van der Waals surface area (Å²) in [5, 5.41) is 18.6. The highest BCUT2D eigenvalue weighted by molar-refractivity contribution is 6.59. The lowest BCUT2D eigenvalue weighted by Gasteiger charge is -2.11. The number of rotatable bonds is 6. The van der Waals surface area contributed by atoms with E-state index < -0.39 is 7.12 Å². The minimum absolute atomic E-state index is 0.241. The minimum Gasteiger partial charge on any atom is -0.497 e. The first-order valence-electron chi connectivity index (χ1n) is 5.84. The van der Waals surface area contributed by atoms with Gasteiger partial charge >= 0.3 is 7.12 Å². The molecule has 0 spiro atoms. The van der Waals surface area contributed by atoms with Crippen LogP contribution < -0.4 is 10.2 Å². The second-order valence-electron chi connectivity index (χ2n) is 4.01. The van der Waals surface area contributed by atoms with Crippen LogP contribution in [0.4, 0.5) is 0 Å². The van der Waals surface area contributed by atoms with Gasteiger partial charge in [-0.15, -0.1) is 0 Å². The predicted molar refractivity (Wildman–Crippen MR) is 70.0 cm³/mol. The quantitative estimate of drug-likeness (QED) is 0.749. The fourth-order valence-electron chi connectivity index (χ4n) is 1.74. The van der Waals surface area contributed by atoms with Crippen LogP contribution in [0.5, 0.6) is 5.75 Å². The lowest BCUT2D eigenvalue weighted by atomic mass is 9.77. The van der Waals surface area contributed by atoms with Crippen molar-refractivity contribution in [2.75, 3.05) is 7.11 Å². The van der Waals surface area contributed by atoms with Crippen molar-refractivity contribution in [3.05, 3.63) is 47.9 Å². The van der Waals surface area contributed by atoms with Gasteiger partial charge in [0.15, 0.2) is 0 Å². The molecular weight excluding hydrogens is 247 g/mol. The summed E-state index contributed by atoms with van der Waals surface area (Å²) < 4.78 is 15.7. The maximum absolute atomic E-state index is 9.29. The van der Waals surface area contributed by atoms with E-state index in [9.17, 15) is 10.0 Å². The number of methoxy groups -OCH3 is 1. The Hall–Kier alpha value is -1.76. The molecule has 2 aromatic rings. The molecule has 0 radical (unpaired) electrons. The van der Waals surface area contributed by atoms with Crippen molar-refractivity contribution in [1.82, 2.24) is 0 Å². The SMILES string of the molecule is COc1ccc(B(O)O)c(COCc2ccco2)c1. The third-order valence-corrected chi connectivity index (χ3v) is 2.71. The van der Waals surface area contributed by atoms with E-state index in [1.807, 2.05) is 6.07 Å². The van der Waals surface area contributed by atoms with Crippen molar-refractivity contribution in [2.45, 2.75) is 13.2 Å². The van der Waals surface area contributed by atoms with Crippen molar-refractivity contribution < 1.29 is 23.9 Å². The zero-order valence-corrected chi connectivity index (χ0v) is 10.6. The van der Waals surface area contributed by atoms with Gasteiger partial charge in [0.25, 0.3) is 0 Å². The van der Waals surface area contributed by atoms with Crippen molar-refractivity contribution >= 4 is 12.6 Å². The van der Waals surface area contributed by atoms with Crippen LogP contribution in [0.15, 0.2) is 41.0 Å². The normalized spacial score (nSPS) is 10.5. The maximum Gasteiger partial charge on any atom is 0.488 e. The fraction of sp³-hybridized carbons (Fsp3) is 0.231. The van der Waals surface area contributed by atoms with Gasteiger partial charge in [-0.25, -0.2) is 0 Å². The second kappa shape index (κ2) is 6.42. The Balaban J connectivity index is 2.04. The summed E-state index contributed by atoms with van der Waals surface area (Å²) in [6.07, 6.45) is 1.58. The number of ether oxygens (including phenoxy) is 2. The maximum atomic E-state index is 9.29. The van der Waals surface area contributed by atoms with Crippen LogP contribution >= 0.6 is 0 Å². The number of hydrogen-bond donors (Lipinski definition) is 2. The molecule has 6 heteroatoms. The van der Waals surface area contributed by atoms with Gasteiger partial charge in [-0.3, -0.25) is 0 Å². The highest BCUT2D eigenvalue weighted by Gasteiger charge is 2.16. The Morgan fingerprint density at radius 3 is 2.68 bits per heavy atom. The summed E-state index contributed by atoms with van der Waals surface area (Å²) in [7, 11) is 0.0193. The molecule has 0 aliphatic carbocycles. The molecule has 2 N–H and O–H groups in total. The lowest BCUT2D eigenvalue weighted by Crippen LogP contribution is -2.33. The van der Waals surface area contributed by atoms with Gasteiger partial charge in [0.1, 0.15) is 18.1 Å². The van der Waals surface area contributed by atoms with E-state index in [1.165, 1.54) is 0 Å². The van der Waals surface area contributed by atoms with Gasteiger partial charge in [0.2, 0.25) is 0 Å². The first kappa shape index (κ1) is 13.7. The molecular formula is C13H15BO5.